The molecule has 0 radical (unpaired) electrons. The van der Waals surface area contributed by atoms with Crippen molar-refractivity contribution in [1.29, 1.82) is 0 Å². The van der Waals surface area contributed by atoms with Crippen LogP contribution in [0.1, 0.15) is 13.8 Å². The Bertz CT molecular complexity index is 478. The molecule has 118 valence electrons. The molecule has 1 aromatic rings. The zero-order chi connectivity index (χ0) is 16.0. The molecule has 1 amide bonds. The Hall–Kier alpha value is -1.66. The Balaban J connectivity index is 2.50. The molecule has 6 heteroatoms. The van der Waals surface area contributed by atoms with Gasteiger partial charge >= 0.3 is 0 Å². The van der Waals surface area contributed by atoms with Gasteiger partial charge in [0.2, 0.25) is 0 Å². The van der Waals surface area contributed by atoms with Crippen molar-refractivity contribution in [3.8, 4) is 5.75 Å². The third-order valence-corrected chi connectivity index (χ3v) is 2.81. The topological polar surface area (TPSA) is 61.8 Å². The van der Waals surface area contributed by atoms with Crippen LogP contribution in [0, 0.1) is 5.82 Å². The number of hydrogen-bond donors (Lipinski definition) is 2. The van der Waals surface area contributed by atoms with Crippen molar-refractivity contribution in [2.24, 2.45) is 0 Å². The molecule has 0 fully saturated rings. The van der Waals surface area contributed by atoms with Gasteiger partial charge in [-0.05, 0) is 40.1 Å². The van der Waals surface area contributed by atoms with Crippen LogP contribution in [-0.4, -0.2) is 54.8 Å². The quantitative estimate of drug-likeness (QED) is 0.789. The molecule has 0 spiro atoms. The third kappa shape index (κ3) is 6.10. The Morgan fingerprint density at radius 3 is 2.67 bits per heavy atom. The number of rotatable bonds is 7. The van der Waals surface area contributed by atoms with Crippen molar-refractivity contribution < 1.29 is 19.0 Å². The summed E-state index contributed by atoms with van der Waals surface area (Å²) in [7, 11) is 3.67. The van der Waals surface area contributed by atoms with Crippen LogP contribution in [0.25, 0.3) is 0 Å². The second-order valence-electron chi connectivity index (χ2n) is 5.64. The summed E-state index contributed by atoms with van der Waals surface area (Å²) in [5, 5.41) is 12.7. The van der Waals surface area contributed by atoms with Crippen molar-refractivity contribution in [2.75, 3.05) is 27.2 Å². The number of nitrogens with one attached hydrogen (secondary N) is 1. The van der Waals surface area contributed by atoms with Crippen molar-refractivity contribution in [3.05, 3.63) is 30.1 Å². The molecule has 2 unspecified atom stereocenters. The number of carbonyl (C=O) groups excluding carboxylic acids is 1. The Kier molecular flexibility index (Phi) is 6.11. The van der Waals surface area contributed by atoms with Crippen molar-refractivity contribution in [1.82, 2.24) is 10.2 Å². The molecular formula is C15H23FN2O3. The van der Waals surface area contributed by atoms with Gasteiger partial charge in [-0.25, -0.2) is 4.39 Å². The van der Waals surface area contributed by atoms with Crippen molar-refractivity contribution >= 4 is 5.91 Å². The highest BCUT2D eigenvalue weighted by molar-refractivity contribution is 5.80. The summed E-state index contributed by atoms with van der Waals surface area (Å²) in [5.41, 5.74) is -1.04. The van der Waals surface area contributed by atoms with E-state index in [2.05, 4.69) is 5.32 Å². The fourth-order valence-corrected chi connectivity index (χ4v) is 1.94. The van der Waals surface area contributed by atoms with E-state index in [-0.39, 0.29) is 12.3 Å². The van der Waals surface area contributed by atoms with Gasteiger partial charge in [0.05, 0.1) is 5.60 Å². The summed E-state index contributed by atoms with van der Waals surface area (Å²) < 4.78 is 18.7. The van der Waals surface area contributed by atoms with Crippen LogP contribution >= 0.6 is 0 Å². The van der Waals surface area contributed by atoms with Gasteiger partial charge in [-0.1, -0.05) is 12.1 Å². The highest BCUT2D eigenvalue weighted by Gasteiger charge is 2.24. The molecule has 0 saturated carbocycles. The lowest BCUT2D eigenvalue weighted by Gasteiger charge is -2.27. The SMILES string of the molecule is CC(Oc1ccccc1F)C(=O)NCC(C)(O)CN(C)C. The van der Waals surface area contributed by atoms with Crippen LogP contribution in [0.5, 0.6) is 5.75 Å². The smallest absolute Gasteiger partial charge is 0.260 e. The lowest BCUT2D eigenvalue weighted by atomic mass is 10.1. The first kappa shape index (κ1) is 17.4. The maximum absolute atomic E-state index is 13.4. The first-order chi connectivity index (χ1) is 9.71. The average Bonchev–Trinajstić information content (AvgIpc) is 2.37. The van der Waals surface area contributed by atoms with E-state index in [1.165, 1.54) is 19.1 Å². The zero-order valence-electron chi connectivity index (χ0n) is 12.9. The molecule has 2 atom stereocenters. The highest BCUT2D eigenvalue weighted by Crippen LogP contribution is 2.17. The third-order valence-electron chi connectivity index (χ3n) is 2.81. The lowest BCUT2D eigenvalue weighted by molar-refractivity contribution is -0.128. The molecule has 5 nitrogen and oxygen atoms in total. The Morgan fingerprint density at radius 2 is 2.10 bits per heavy atom. The maximum Gasteiger partial charge on any atom is 0.260 e. The fourth-order valence-electron chi connectivity index (χ4n) is 1.94. The number of para-hydroxylation sites is 1. The molecular weight excluding hydrogens is 275 g/mol. The summed E-state index contributed by atoms with van der Waals surface area (Å²) in [5.74, 6) is -0.894. The first-order valence-electron chi connectivity index (χ1n) is 6.77. The van der Waals surface area contributed by atoms with Gasteiger partial charge in [-0.2, -0.15) is 0 Å². The number of likely N-dealkylation sites (N-methyl/N-ethyl adjacent to an activating group) is 1. The number of amides is 1. The summed E-state index contributed by atoms with van der Waals surface area (Å²) >= 11 is 0. The normalized spacial score (nSPS) is 15.4. The van der Waals surface area contributed by atoms with E-state index >= 15 is 0 Å². The molecule has 0 aliphatic rings. The van der Waals surface area contributed by atoms with E-state index in [4.69, 9.17) is 4.74 Å². The number of benzene rings is 1. The maximum atomic E-state index is 13.4. The lowest BCUT2D eigenvalue weighted by Crippen LogP contribution is -2.49. The molecule has 1 rings (SSSR count). The van der Waals surface area contributed by atoms with Gasteiger partial charge in [0.1, 0.15) is 0 Å². The largest absolute Gasteiger partial charge is 0.478 e. The van der Waals surface area contributed by atoms with Crippen molar-refractivity contribution in [2.45, 2.75) is 25.6 Å². The van der Waals surface area contributed by atoms with Gasteiger partial charge in [-0.15, -0.1) is 0 Å². The van der Waals surface area contributed by atoms with Gasteiger partial charge in [0, 0.05) is 13.1 Å². The fraction of sp³-hybridized carbons (Fsp3) is 0.533. The molecule has 21 heavy (non-hydrogen) atoms. The van der Waals surface area contributed by atoms with Crippen LogP contribution in [-0.2, 0) is 4.79 Å². The molecule has 0 saturated heterocycles. The number of carbonyl (C=O) groups is 1. The molecule has 0 aromatic heterocycles. The van der Waals surface area contributed by atoms with Crippen LogP contribution in [0.4, 0.5) is 4.39 Å². The minimum absolute atomic E-state index is 0.0280. The van der Waals surface area contributed by atoms with Gasteiger partial charge in [0.25, 0.3) is 5.91 Å². The number of ether oxygens (including phenoxy) is 1. The summed E-state index contributed by atoms with van der Waals surface area (Å²) in [6, 6.07) is 5.90. The second kappa shape index (κ2) is 7.38. The molecule has 2 N–H and O–H groups in total. The van der Waals surface area contributed by atoms with E-state index in [1.807, 2.05) is 19.0 Å². The van der Waals surface area contributed by atoms with E-state index in [0.29, 0.717) is 6.54 Å². The van der Waals surface area contributed by atoms with E-state index in [9.17, 15) is 14.3 Å². The van der Waals surface area contributed by atoms with E-state index in [1.54, 1.807) is 19.1 Å². The highest BCUT2D eigenvalue weighted by atomic mass is 19.1. The first-order valence-corrected chi connectivity index (χ1v) is 6.77. The number of hydrogen-bond acceptors (Lipinski definition) is 4. The van der Waals surface area contributed by atoms with Crippen molar-refractivity contribution in [3.63, 3.8) is 0 Å². The standard InChI is InChI=1S/C15H23FN2O3/c1-11(21-13-8-6-5-7-12(13)16)14(19)17-9-15(2,20)10-18(3)4/h5-8,11,20H,9-10H2,1-4H3,(H,17,19). The minimum atomic E-state index is -1.04. The monoisotopic (exact) mass is 298 g/mol. The molecule has 0 heterocycles. The van der Waals surface area contributed by atoms with E-state index in [0.717, 1.165) is 0 Å². The number of halogens is 1. The van der Waals surface area contributed by atoms with E-state index < -0.39 is 23.4 Å². The molecule has 0 aliphatic heterocycles. The van der Waals surface area contributed by atoms with Crippen LogP contribution in [0.2, 0.25) is 0 Å². The minimum Gasteiger partial charge on any atom is -0.478 e. The second-order valence-corrected chi connectivity index (χ2v) is 5.64. The number of nitrogens with zero attached hydrogens (tertiary/aromatic N) is 1. The molecule has 0 bridgehead atoms. The predicted octanol–water partition coefficient (Wildman–Crippen LogP) is 1.02. The molecule has 1 aromatic carbocycles. The number of aliphatic hydroxyl groups is 1. The van der Waals surface area contributed by atoms with Gasteiger partial charge < -0.3 is 20.1 Å². The summed E-state index contributed by atoms with van der Waals surface area (Å²) in [4.78, 5) is 13.7. The average molecular weight is 298 g/mol. The zero-order valence-corrected chi connectivity index (χ0v) is 12.9. The predicted molar refractivity (Wildman–Crippen MR) is 78.7 cm³/mol. The van der Waals surface area contributed by atoms with Gasteiger partial charge in [0.15, 0.2) is 17.7 Å². The Labute approximate surface area is 124 Å². The molecule has 0 aliphatic carbocycles. The van der Waals surface area contributed by atoms with Gasteiger partial charge in [-0.3, -0.25) is 4.79 Å². The summed E-state index contributed by atoms with van der Waals surface area (Å²) in [6.07, 6.45) is -0.850. The van der Waals surface area contributed by atoms with Crippen LogP contribution in [0.15, 0.2) is 24.3 Å². The van der Waals surface area contributed by atoms with Crippen LogP contribution < -0.4 is 10.1 Å². The van der Waals surface area contributed by atoms with Crippen LogP contribution in [0.3, 0.4) is 0 Å². The summed E-state index contributed by atoms with van der Waals surface area (Å²) in [6.45, 7) is 3.67. The Morgan fingerprint density at radius 1 is 1.48 bits per heavy atom.